The fourth-order valence-electron chi connectivity index (χ4n) is 2.65. The molecule has 1 saturated carbocycles. The third-order valence-corrected chi connectivity index (χ3v) is 3.91. The van der Waals surface area contributed by atoms with Crippen molar-refractivity contribution in [3.63, 3.8) is 0 Å². The summed E-state index contributed by atoms with van der Waals surface area (Å²) >= 11 is 0. The Balaban J connectivity index is 2.24. The number of nitro groups is 1. The molecule has 20 heavy (non-hydrogen) atoms. The first-order valence-corrected chi connectivity index (χ1v) is 6.46. The van der Waals surface area contributed by atoms with Gasteiger partial charge in [-0.2, -0.15) is 0 Å². The van der Waals surface area contributed by atoms with Crippen LogP contribution < -0.4 is 5.32 Å². The van der Waals surface area contributed by atoms with Crippen LogP contribution in [0.4, 0.5) is 20.2 Å². The molecule has 1 aliphatic carbocycles. The number of aliphatic hydroxyl groups excluding tert-OH is 1. The van der Waals surface area contributed by atoms with Crippen molar-refractivity contribution in [1.82, 2.24) is 0 Å². The van der Waals surface area contributed by atoms with Crippen molar-refractivity contribution in [1.29, 1.82) is 0 Å². The van der Waals surface area contributed by atoms with Gasteiger partial charge in [0.15, 0.2) is 17.3 Å². The summed E-state index contributed by atoms with van der Waals surface area (Å²) in [5.41, 5.74) is -1.36. The molecule has 110 valence electrons. The summed E-state index contributed by atoms with van der Waals surface area (Å²) in [6, 6.07) is 1.66. The second-order valence-electron chi connectivity index (χ2n) is 5.23. The smallest absolute Gasteiger partial charge is 0.295 e. The van der Waals surface area contributed by atoms with Crippen LogP contribution in [0.15, 0.2) is 12.1 Å². The van der Waals surface area contributed by atoms with E-state index in [0.29, 0.717) is 0 Å². The van der Waals surface area contributed by atoms with Crippen molar-refractivity contribution in [3.8, 4) is 0 Å². The van der Waals surface area contributed by atoms with E-state index in [4.69, 9.17) is 0 Å². The first-order chi connectivity index (χ1) is 9.49. The third kappa shape index (κ3) is 2.72. The van der Waals surface area contributed by atoms with E-state index in [0.717, 1.165) is 37.8 Å². The summed E-state index contributed by atoms with van der Waals surface area (Å²) in [5.74, 6) is -2.40. The predicted octanol–water partition coefficient (Wildman–Crippen LogP) is 2.84. The molecule has 1 fully saturated rings. The molecule has 1 aromatic carbocycles. The van der Waals surface area contributed by atoms with E-state index in [9.17, 15) is 24.0 Å². The lowest BCUT2D eigenvalue weighted by molar-refractivity contribution is -0.384. The molecule has 0 unspecified atom stereocenters. The molecule has 0 spiro atoms. The van der Waals surface area contributed by atoms with Crippen molar-refractivity contribution in [3.05, 3.63) is 33.9 Å². The zero-order chi connectivity index (χ0) is 14.8. The third-order valence-electron chi connectivity index (χ3n) is 3.91. The fraction of sp³-hybridized carbons (Fsp3) is 0.538. The number of hydrogen-bond acceptors (Lipinski definition) is 4. The number of nitrogens with one attached hydrogen (secondary N) is 1. The monoisotopic (exact) mass is 286 g/mol. The van der Waals surface area contributed by atoms with Gasteiger partial charge in [-0.25, -0.2) is 8.78 Å². The van der Waals surface area contributed by atoms with Gasteiger partial charge in [0.05, 0.1) is 11.5 Å². The number of anilines is 1. The second kappa shape index (κ2) is 5.70. The summed E-state index contributed by atoms with van der Waals surface area (Å²) < 4.78 is 26.9. The van der Waals surface area contributed by atoms with Crippen molar-refractivity contribution >= 4 is 11.4 Å². The number of halogens is 2. The summed E-state index contributed by atoms with van der Waals surface area (Å²) in [5, 5.41) is 22.9. The van der Waals surface area contributed by atoms with Crippen LogP contribution in [0.3, 0.4) is 0 Å². The van der Waals surface area contributed by atoms with Crippen LogP contribution in [0, 0.1) is 27.2 Å². The average molecular weight is 286 g/mol. The highest BCUT2D eigenvalue weighted by atomic mass is 19.2. The van der Waals surface area contributed by atoms with E-state index >= 15 is 0 Å². The normalized spacial score (nSPS) is 17.1. The molecular weight excluding hydrogens is 270 g/mol. The van der Waals surface area contributed by atoms with Gasteiger partial charge in [0.25, 0.3) is 5.69 Å². The highest BCUT2D eigenvalue weighted by Crippen LogP contribution is 2.39. The maximum Gasteiger partial charge on any atom is 0.295 e. The summed E-state index contributed by atoms with van der Waals surface area (Å²) in [6.07, 6.45) is 3.44. The topological polar surface area (TPSA) is 75.4 Å². The van der Waals surface area contributed by atoms with Crippen molar-refractivity contribution < 1.29 is 18.8 Å². The highest BCUT2D eigenvalue weighted by molar-refractivity contribution is 5.62. The first kappa shape index (κ1) is 14.6. The molecule has 0 heterocycles. The molecule has 1 aliphatic rings. The Morgan fingerprint density at radius 1 is 1.35 bits per heavy atom. The lowest BCUT2D eigenvalue weighted by Gasteiger charge is -2.27. The number of benzene rings is 1. The molecule has 0 saturated heterocycles. The van der Waals surface area contributed by atoms with Crippen molar-refractivity contribution in [2.75, 3.05) is 18.5 Å². The van der Waals surface area contributed by atoms with E-state index < -0.39 is 33.3 Å². The molecule has 0 bridgehead atoms. The molecule has 1 aromatic rings. The quantitative estimate of drug-likeness (QED) is 0.644. The highest BCUT2D eigenvalue weighted by Gasteiger charge is 2.34. The maximum atomic E-state index is 13.7. The molecule has 0 radical (unpaired) electrons. The Morgan fingerprint density at radius 3 is 2.55 bits per heavy atom. The van der Waals surface area contributed by atoms with Gasteiger partial charge in [0, 0.05) is 18.0 Å². The molecular formula is C13H16F2N2O3. The van der Waals surface area contributed by atoms with Crippen LogP contribution in [0.25, 0.3) is 0 Å². The minimum Gasteiger partial charge on any atom is -0.396 e. The second-order valence-corrected chi connectivity index (χ2v) is 5.23. The zero-order valence-electron chi connectivity index (χ0n) is 10.9. The number of nitrogens with zero attached hydrogens (tertiary/aromatic N) is 1. The van der Waals surface area contributed by atoms with Gasteiger partial charge in [-0.15, -0.1) is 0 Å². The Morgan fingerprint density at radius 2 is 2.00 bits per heavy atom. The summed E-state index contributed by atoms with van der Waals surface area (Å²) in [6.45, 7) is 0.107. The van der Waals surface area contributed by atoms with Crippen LogP contribution in [0.2, 0.25) is 0 Å². The van der Waals surface area contributed by atoms with Crippen LogP contribution in [-0.4, -0.2) is 23.2 Å². The minimum atomic E-state index is -1.26. The van der Waals surface area contributed by atoms with Gasteiger partial charge >= 0.3 is 0 Å². The van der Waals surface area contributed by atoms with Gasteiger partial charge in [0.2, 0.25) is 0 Å². The molecule has 0 aromatic heterocycles. The largest absolute Gasteiger partial charge is 0.396 e. The van der Waals surface area contributed by atoms with Gasteiger partial charge in [-0.05, 0) is 18.9 Å². The Hall–Kier alpha value is -1.76. The lowest BCUT2D eigenvalue weighted by atomic mass is 9.87. The van der Waals surface area contributed by atoms with Gasteiger partial charge in [-0.1, -0.05) is 12.8 Å². The van der Waals surface area contributed by atoms with Gasteiger partial charge in [0.1, 0.15) is 0 Å². The molecule has 7 heteroatoms. The summed E-state index contributed by atoms with van der Waals surface area (Å²) in [7, 11) is 0. The number of aliphatic hydroxyl groups is 1. The zero-order valence-corrected chi connectivity index (χ0v) is 10.9. The molecule has 2 N–H and O–H groups in total. The van der Waals surface area contributed by atoms with Gasteiger partial charge < -0.3 is 10.4 Å². The molecule has 5 nitrogen and oxygen atoms in total. The van der Waals surface area contributed by atoms with E-state index in [2.05, 4.69) is 5.32 Å². The number of hydrogen-bond donors (Lipinski definition) is 2. The molecule has 0 aliphatic heterocycles. The van der Waals surface area contributed by atoms with Crippen LogP contribution in [0.5, 0.6) is 0 Å². The van der Waals surface area contributed by atoms with Gasteiger partial charge in [-0.3, -0.25) is 10.1 Å². The SMILES string of the molecule is O=[N+]([O-])c1ccc(F)c(F)c1NCC1(CO)CCCC1. The summed E-state index contributed by atoms with van der Waals surface area (Å²) in [4.78, 5) is 10.1. The van der Waals surface area contributed by atoms with Crippen LogP contribution in [-0.2, 0) is 0 Å². The standard InChI is InChI=1S/C13H16F2N2O3/c14-9-3-4-10(17(19)20)12(11(9)15)16-7-13(8-18)5-1-2-6-13/h3-4,16,18H,1-2,5-8H2. The van der Waals surface area contributed by atoms with E-state index in [1.807, 2.05) is 0 Å². The fourth-order valence-corrected chi connectivity index (χ4v) is 2.65. The molecule has 0 amide bonds. The minimum absolute atomic E-state index is 0.0786. The van der Waals surface area contributed by atoms with Crippen LogP contribution in [0.1, 0.15) is 25.7 Å². The number of rotatable bonds is 5. The maximum absolute atomic E-state index is 13.7. The van der Waals surface area contributed by atoms with Crippen LogP contribution >= 0.6 is 0 Å². The van der Waals surface area contributed by atoms with Crippen molar-refractivity contribution in [2.45, 2.75) is 25.7 Å². The Kier molecular flexibility index (Phi) is 4.17. The first-order valence-electron chi connectivity index (χ1n) is 6.46. The Labute approximate surface area is 114 Å². The van der Waals surface area contributed by atoms with Crippen molar-refractivity contribution in [2.24, 2.45) is 5.41 Å². The lowest BCUT2D eigenvalue weighted by Crippen LogP contribution is -2.31. The Bertz CT molecular complexity index is 517. The molecule has 2 rings (SSSR count). The van der Waals surface area contributed by atoms with E-state index in [1.54, 1.807) is 0 Å². The predicted molar refractivity (Wildman–Crippen MR) is 69.5 cm³/mol. The molecule has 0 atom stereocenters. The average Bonchev–Trinajstić information content (AvgIpc) is 2.89. The van der Waals surface area contributed by atoms with E-state index in [-0.39, 0.29) is 13.2 Å². The van der Waals surface area contributed by atoms with E-state index in [1.165, 1.54) is 0 Å². The number of nitro benzene ring substituents is 1.